The van der Waals surface area contributed by atoms with Crippen LogP contribution in [0.5, 0.6) is 0 Å². The third-order valence-electron chi connectivity index (χ3n) is 1.82. The maximum absolute atomic E-state index is 2.25. The second kappa shape index (κ2) is 6.51. The van der Waals surface area contributed by atoms with Crippen molar-refractivity contribution in [1.82, 2.24) is 0 Å². The summed E-state index contributed by atoms with van der Waals surface area (Å²) < 4.78 is 0. The van der Waals surface area contributed by atoms with Gasteiger partial charge in [0.15, 0.2) is 0 Å². The van der Waals surface area contributed by atoms with Crippen LogP contribution in [0.3, 0.4) is 0 Å². The average molecular weight is 199 g/mol. The normalized spacial score (nSPS) is 10.7. The molecule has 0 aromatic rings. The Morgan fingerprint density at radius 3 is 1.11 bits per heavy atom. The summed E-state index contributed by atoms with van der Waals surface area (Å²) >= 11 is 0. The van der Waals surface area contributed by atoms with Gasteiger partial charge in [0, 0.05) is 0 Å². The summed E-state index contributed by atoms with van der Waals surface area (Å²) in [6, 6.07) is 0. The molecule has 0 saturated carbocycles. The van der Waals surface area contributed by atoms with Crippen LogP contribution >= 0.6 is 0 Å². The molecule has 0 bridgehead atoms. The second-order valence-corrected chi connectivity index (χ2v) is 3.05. The van der Waals surface area contributed by atoms with Crippen molar-refractivity contribution in [1.29, 1.82) is 0 Å². The van der Waals surface area contributed by atoms with E-state index in [0.717, 1.165) is 11.8 Å². The summed E-state index contributed by atoms with van der Waals surface area (Å²) in [6.45, 7) is 11.2. The molecular weight excluding hydrogens is 182 g/mol. The number of rotatable bonds is 2. The van der Waals surface area contributed by atoms with Crippen molar-refractivity contribution in [3.63, 3.8) is 0 Å². The molecule has 0 aromatic carbocycles. The van der Waals surface area contributed by atoms with Crippen molar-refractivity contribution in [3.05, 3.63) is 5.92 Å². The van der Waals surface area contributed by atoms with Gasteiger partial charge in [-0.1, -0.05) is 27.7 Å². The van der Waals surface area contributed by atoms with Crippen molar-refractivity contribution >= 4 is 0 Å². The average Bonchev–Trinajstić information content (AvgIpc) is 1.64. The van der Waals surface area contributed by atoms with Gasteiger partial charge in [0.1, 0.15) is 0 Å². The summed E-state index contributed by atoms with van der Waals surface area (Å²) in [5.41, 5.74) is 0. The smallest absolute Gasteiger partial charge is 0.312 e. The van der Waals surface area contributed by atoms with Crippen LogP contribution in [-0.2, 0) is 0 Å². The van der Waals surface area contributed by atoms with Crippen LogP contribution in [0.15, 0.2) is 0 Å². The van der Waals surface area contributed by atoms with Crippen LogP contribution in [0.1, 0.15) is 34.6 Å². The van der Waals surface area contributed by atoms with Crippen molar-refractivity contribution in [2.75, 3.05) is 0 Å². The summed E-state index contributed by atoms with van der Waals surface area (Å²) in [4.78, 5) is 0. The Labute approximate surface area is 109 Å². The van der Waals surface area contributed by atoms with Crippen molar-refractivity contribution in [2.24, 2.45) is 11.8 Å². The summed E-state index contributed by atoms with van der Waals surface area (Å²) in [7, 11) is 0. The molecule has 0 spiro atoms. The molecule has 0 aliphatic heterocycles. The summed E-state index contributed by atoms with van der Waals surface area (Å²) in [5, 5.41) is 0. The molecular formula is C8H17Rb. The van der Waals surface area contributed by atoms with E-state index in [1.807, 2.05) is 0 Å². The molecule has 9 heavy (non-hydrogen) atoms. The maximum atomic E-state index is 2.25. The van der Waals surface area contributed by atoms with E-state index in [0.29, 0.717) is 0 Å². The first-order chi connectivity index (χ1) is 3.55. The van der Waals surface area contributed by atoms with Crippen molar-refractivity contribution in [3.8, 4) is 0 Å². The first-order valence-corrected chi connectivity index (χ1v) is 3.39. The van der Waals surface area contributed by atoms with Gasteiger partial charge < -0.3 is 5.92 Å². The molecule has 0 rings (SSSR count). The Bertz CT molecular complexity index is 49.6. The molecule has 0 unspecified atom stereocenters. The molecule has 0 aliphatic carbocycles. The second-order valence-electron chi connectivity index (χ2n) is 3.05. The Morgan fingerprint density at radius 2 is 1.11 bits per heavy atom. The molecule has 0 nitrogen and oxygen atoms in total. The zero-order valence-electron chi connectivity index (χ0n) is 7.65. The largest absolute Gasteiger partial charge is 1.00 e. The molecule has 0 aliphatic rings. The van der Waals surface area contributed by atoms with E-state index in [2.05, 4.69) is 34.6 Å². The van der Waals surface area contributed by atoms with Gasteiger partial charge in [-0.05, 0) is 0 Å². The first kappa shape index (κ1) is 13.4. The topological polar surface area (TPSA) is 0 Å². The SMILES string of the molecule is C[C-](C(C)C)C(C)C.[Rb+]. The van der Waals surface area contributed by atoms with Crippen LogP contribution in [0.25, 0.3) is 0 Å². The Kier molecular flexibility index (Phi) is 9.69. The fourth-order valence-corrected chi connectivity index (χ4v) is 0.667. The van der Waals surface area contributed by atoms with Crippen LogP contribution < -0.4 is 58.2 Å². The molecule has 0 atom stereocenters. The molecule has 50 valence electrons. The summed E-state index contributed by atoms with van der Waals surface area (Å²) in [5.74, 6) is 3.12. The third kappa shape index (κ3) is 6.21. The van der Waals surface area contributed by atoms with Crippen LogP contribution in [0.4, 0.5) is 0 Å². The molecule has 0 amide bonds. The van der Waals surface area contributed by atoms with Crippen LogP contribution in [0, 0.1) is 17.8 Å². The zero-order valence-corrected chi connectivity index (χ0v) is 12.6. The van der Waals surface area contributed by atoms with E-state index in [4.69, 9.17) is 0 Å². The van der Waals surface area contributed by atoms with Gasteiger partial charge in [-0.15, -0.1) is 0 Å². The molecule has 1 heteroatoms. The molecule has 0 radical (unpaired) electrons. The quantitative estimate of drug-likeness (QED) is 0.544. The monoisotopic (exact) mass is 198 g/mol. The molecule has 0 N–H and O–H groups in total. The Hall–Kier alpha value is 1.81. The van der Waals surface area contributed by atoms with E-state index >= 15 is 0 Å². The Morgan fingerprint density at radius 1 is 0.889 bits per heavy atom. The van der Waals surface area contributed by atoms with E-state index in [-0.39, 0.29) is 58.2 Å². The third-order valence-corrected chi connectivity index (χ3v) is 1.82. The summed E-state index contributed by atoms with van der Waals surface area (Å²) in [6.07, 6.45) is 0. The Balaban J connectivity index is 0. The van der Waals surface area contributed by atoms with Crippen LogP contribution in [-0.4, -0.2) is 0 Å². The van der Waals surface area contributed by atoms with Gasteiger partial charge >= 0.3 is 58.2 Å². The minimum absolute atomic E-state index is 0. The fraction of sp³-hybridized carbons (Fsp3) is 0.875. The van der Waals surface area contributed by atoms with Gasteiger partial charge in [-0.3, -0.25) is 0 Å². The van der Waals surface area contributed by atoms with E-state index < -0.39 is 0 Å². The number of hydrogen-bond donors (Lipinski definition) is 0. The molecule has 0 aromatic heterocycles. The fourth-order valence-electron chi connectivity index (χ4n) is 0.667. The van der Waals surface area contributed by atoms with Gasteiger partial charge in [0.25, 0.3) is 0 Å². The predicted octanol–water partition coefficient (Wildman–Crippen LogP) is -0.103. The predicted molar refractivity (Wildman–Crippen MR) is 38.6 cm³/mol. The van der Waals surface area contributed by atoms with Crippen molar-refractivity contribution < 1.29 is 58.2 Å². The van der Waals surface area contributed by atoms with Gasteiger partial charge in [-0.25, -0.2) is 0 Å². The molecule has 0 fully saturated rings. The minimum atomic E-state index is 0. The van der Waals surface area contributed by atoms with Crippen LogP contribution in [0.2, 0.25) is 0 Å². The van der Waals surface area contributed by atoms with E-state index in [1.165, 1.54) is 0 Å². The maximum Gasteiger partial charge on any atom is 1.00 e. The van der Waals surface area contributed by atoms with E-state index in [1.54, 1.807) is 5.92 Å². The van der Waals surface area contributed by atoms with E-state index in [9.17, 15) is 0 Å². The van der Waals surface area contributed by atoms with Crippen molar-refractivity contribution in [2.45, 2.75) is 34.6 Å². The standard InChI is InChI=1S/C8H17.Rb/c1-6(2)8(5)7(3)4;/h6-7H,1-5H3;/q-1;+1. The molecule has 0 saturated heterocycles. The first-order valence-electron chi connectivity index (χ1n) is 3.39. The van der Waals surface area contributed by atoms with Gasteiger partial charge in [0.05, 0.1) is 0 Å². The minimum Gasteiger partial charge on any atom is -0.312 e. The zero-order chi connectivity index (χ0) is 6.73. The van der Waals surface area contributed by atoms with Gasteiger partial charge in [0.2, 0.25) is 0 Å². The molecule has 0 heterocycles. The van der Waals surface area contributed by atoms with Gasteiger partial charge in [-0.2, -0.15) is 18.8 Å². The number of hydrogen-bond acceptors (Lipinski definition) is 0.